The topological polar surface area (TPSA) is 87.0 Å². The quantitative estimate of drug-likeness (QED) is 0.304. The third-order valence-corrected chi connectivity index (χ3v) is 0.637. The molecule has 74 valence electrons. The predicted octanol–water partition coefficient (Wildman–Crippen LogP) is 0.161. The lowest BCUT2D eigenvalue weighted by atomic mass is 10.2. The van der Waals surface area contributed by atoms with Crippen LogP contribution < -0.4 is 0 Å². The lowest BCUT2D eigenvalue weighted by molar-refractivity contribution is -0.306. The first kappa shape index (κ1) is 14.1. The fourth-order valence-electron chi connectivity index (χ4n) is 0. The Morgan fingerprint density at radius 2 is 1.50 bits per heavy atom. The number of aliphatic hydroxyl groups is 2. The molecule has 0 fully saturated rings. The molecule has 0 amide bonds. The second-order valence-corrected chi connectivity index (χ2v) is 3.19. The van der Waals surface area contributed by atoms with Crippen LogP contribution in [0.15, 0.2) is 0 Å². The lowest BCUT2D eigenvalue weighted by Gasteiger charge is -2.10. The average Bonchev–Trinajstić information content (AvgIpc) is 1.87. The van der Waals surface area contributed by atoms with E-state index in [2.05, 4.69) is 4.89 Å². The molecule has 0 aromatic carbocycles. The van der Waals surface area contributed by atoms with Crippen molar-refractivity contribution in [3.8, 4) is 0 Å². The predicted molar refractivity (Wildman–Crippen MR) is 42.4 cm³/mol. The third kappa shape index (κ3) is 16.3. The van der Waals surface area contributed by atoms with E-state index in [-0.39, 0.29) is 0 Å². The highest BCUT2D eigenvalue weighted by Crippen LogP contribution is 2.01. The van der Waals surface area contributed by atoms with Crippen molar-refractivity contribution in [1.82, 2.24) is 0 Å². The molecule has 0 radical (unpaired) electrons. The van der Waals surface area contributed by atoms with Crippen molar-refractivity contribution in [2.45, 2.75) is 39.6 Å². The highest BCUT2D eigenvalue weighted by Gasteiger charge is 2.07. The van der Waals surface area contributed by atoms with Crippen LogP contribution in [0.5, 0.6) is 0 Å². The van der Waals surface area contributed by atoms with Gasteiger partial charge in [0.1, 0.15) is 0 Å². The van der Waals surface area contributed by atoms with Crippen LogP contribution in [0, 0.1) is 0 Å². The highest BCUT2D eigenvalue weighted by molar-refractivity contribution is 5.78. The van der Waals surface area contributed by atoms with Crippen LogP contribution in [-0.2, 0) is 9.68 Å². The minimum atomic E-state index is -1.79. The molecule has 0 saturated heterocycles. The third-order valence-electron chi connectivity index (χ3n) is 0.637. The van der Waals surface area contributed by atoms with Crippen molar-refractivity contribution in [2.24, 2.45) is 0 Å². The molecule has 3 N–H and O–H groups in total. The van der Waals surface area contributed by atoms with E-state index in [0.29, 0.717) is 0 Å². The number of hydrogen-bond donors (Lipinski definition) is 3. The van der Waals surface area contributed by atoms with Crippen LogP contribution in [0.1, 0.15) is 27.7 Å². The number of rotatable bonds is 1. The van der Waals surface area contributed by atoms with Crippen molar-refractivity contribution >= 4 is 5.78 Å². The van der Waals surface area contributed by atoms with Crippen LogP contribution in [-0.4, -0.2) is 33.1 Å². The van der Waals surface area contributed by atoms with Gasteiger partial charge in [-0.2, -0.15) is 0 Å². The van der Waals surface area contributed by atoms with Gasteiger partial charge in [-0.15, -0.1) is 0 Å². The van der Waals surface area contributed by atoms with Crippen molar-refractivity contribution in [3.05, 3.63) is 0 Å². The standard InChI is InChI=1S/C4H10O2.C3H6O3/c1-4(2,3)6-5;1-2(4)3(5)6/h5H,1-3H3;3,5-6H,1H3. The second-order valence-electron chi connectivity index (χ2n) is 3.19. The summed E-state index contributed by atoms with van der Waals surface area (Å²) in [5.41, 5.74) is -0.403. The molecule has 0 aliphatic rings. The van der Waals surface area contributed by atoms with Crippen LogP contribution in [0.25, 0.3) is 0 Å². The molecule has 0 rings (SSSR count). The second kappa shape index (κ2) is 6.07. The summed E-state index contributed by atoms with van der Waals surface area (Å²) in [7, 11) is 0. The summed E-state index contributed by atoms with van der Waals surface area (Å²) in [5.74, 6) is -0.630. The fourth-order valence-corrected chi connectivity index (χ4v) is 0. The van der Waals surface area contributed by atoms with Gasteiger partial charge in [0.15, 0.2) is 5.78 Å². The number of aliphatic hydroxyl groups excluding tert-OH is 1. The summed E-state index contributed by atoms with van der Waals surface area (Å²) in [6.07, 6.45) is -1.79. The Hall–Kier alpha value is -0.490. The SMILES string of the molecule is CC(=O)C(O)O.CC(C)(C)OO. The Morgan fingerprint density at radius 3 is 1.50 bits per heavy atom. The van der Waals surface area contributed by atoms with Crippen LogP contribution in [0.4, 0.5) is 0 Å². The first-order valence-corrected chi connectivity index (χ1v) is 3.40. The number of carbonyl (C=O) groups excluding carboxylic acids is 1. The summed E-state index contributed by atoms with van der Waals surface area (Å²) < 4.78 is 0. The van der Waals surface area contributed by atoms with Gasteiger partial charge in [-0.25, -0.2) is 4.89 Å². The molecule has 5 nitrogen and oxygen atoms in total. The Bertz CT molecular complexity index is 124. The zero-order chi connectivity index (χ0) is 10.4. The molecule has 0 aromatic rings. The van der Waals surface area contributed by atoms with Crippen molar-refractivity contribution in [1.29, 1.82) is 0 Å². The van der Waals surface area contributed by atoms with Crippen molar-refractivity contribution in [2.75, 3.05) is 0 Å². The van der Waals surface area contributed by atoms with E-state index < -0.39 is 17.7 Å². The van der Waals surface area contributed by atoms with Gasteiger partial charge in [-0.05, 0) is 27.7 Å². The molecule has 0 aliphatic carbocycles. The highest BCUT2D eigenvalue weighted by atomic mass is 17.1. The van der Waals surface area contributed by atoms with Crippen LogP contribution in [0.2, 0.25) is 0 Å². The van der Waals surface area contributed by atoms with E-state index in [0.717, 1.165) is 6.92 Å². The molecular formula is C7H16O5. The summed E-state index contributed by atoms with van der Waals surface area (Å²) >= 11 is 0. The molecule has 0 bridgehead atoms. The molecule has 12 heavy (non-hydrogen) atoms. The van der Waals surface area contributed by atoms with E-state index in [9.17, 15) is 4.79 Å². The smallest absolute Gasteiger partial charge is 0.212 e. The normalized spacial score (nSPS) is 10.7. The van der Waals surface area contributed by atoms with Crippen molar-refractivity contribution in [3.63, 3.8) is 0 Å². The van der Waals surface area contributed by atoms with Crippen LogP contribution in [0.3, 0.4) is 0 Å². The summed E-state index contributed by atoms with van der Waals surface area (Å²) in [5, 5.41) is 23.6. The number of carbonyl (C=O) groups is 1. The maximum atomic E-state index is 9.64. The van der Waals surface area contributed by atoms with E-state index in [1.807, 2.05) is 0 Å². The molecule has 0 aliphatic heterocycles. The van der Waals surface area contributed by atoms with Gasteiger partial charge in [0, 0.05) is 0 Å². The maximum Gasteiger partial charge on any atom is 0.212 e. The van der Waals surface area contributed by atoms with Gasteiger partial charge in [-0.3, -0.25) is 10.1 Å². The minimum Gasteiger partial charge on any atom is -0.362 e. The monoisotopic (exact) mass is 180 g/mol. The molecule has 0 saturated carbocycles. The summed E-state index contributed by atoms with van der Waals surface area (Å²) in [4.78, 5) is 13.6. The molecule has 0 aromatic heterocycles. The Kier molecular flexibility index (Phi) is 7.12. The summed E-state index contributed by atoms with van der Waals surface area (Å²) in [6, 6.07) is 0. The summed E-state index contributed by atoms with van der Waals surface area (Å²) in [6.45, 7) is 6.41. The molecule has 0 spiro atoms. The lowest BCUT2D eigenvalue weighted by Crippen LogP contribution is -2.15. The fraction of sp³-hybridized carbons (Fsp3) is 0.857. The Balaban J connectivity index is 0. The van der Waals surface area contributed by atoms with E-state index in [4.69, 9.17) is 15.5 Å². The van der Waals surface area contributed by atoms with E-state index >= 15 is 0 Å². The molecule has 0 atom stereocenters. The maximum absolute atomic E-state index is 9.64. The Labute approximate surface area is 71.5 Å². The molecule has 0 unspecified atom stereocenters. The largest absolute Gasteiger partial charge is 0.362 e. The number of ketones is 1. The Morgan fingerprint density at radius 1 is 1.33 bits per heavy atom. The minimum absolute atomic E-state index is 0.403. The van der Waals surface area contributed by atoms with Gasteiger partial charge in [0.25, 0.3) is 0 Å². The van der Waals surface area contributed by atoms with E-state index in [1.165, 1.54) is 0 Å². The zero-order valence-electron chi connectivity index (χ0n) is 7.74. The molecule has 5 heteroatoms. The molecular weight excluding hydrogens is 164 g/mol. The first-order valence-electron chi connectivity index (χ1n) is 3.40. The van der Waals surface area contributed by atoms with Gasteiger partial charge < -0.3 is 10.2 Å². The van der Waals surface area contributed by atoms with E-state index in [1.54, 1.807) is 20.8 Å². The zero-order valence-corrected chi connectivity index (χ0v) is 7.74. The number of Topliss-reactive ketones (excluding diaryl/α,β-unsaturated/α-hetero) is 1. The van der Waals surface area contributed by atoms with Gasteiger partial charge >= 0.3 is 0 Å². The average molecular weight is 180 g/mol. The number of hydrogen-bond acceptors (Lipinski definition) is 5. The van der Waals surface area contributed by atoms with Crippen LogP contribution >= 0.6 is 0 Å². The molecule has 0 heterocycles. The first-order chi connectivity index (χ1) is 5.20. The van der Waals surface area contributed by atoms with Gasteiger partial charge in [0.05, 0.1) is 5.60 Å². The van der Waals surface area contributed by atoms with Crippen molar-refractivity contribution < 1.29 is 25.2 Å². The van der Waals surface area contributed by atoms with Gasteiger partial charge in [0.2, 0.25) is 6.29 Å². The van der Waals surface area contributed by atoms with Gasteiger partial charge in [-0.1, -0.05) is 0 Å².